The lowest BCUT2D eigenvalue weighted by Gasteiger charge is -2.32. The standard InChI is InChI=1S/C50H54N2O2.2ClH/c51-49(23-13-10-14-39-32-34-52(35-33-39)36-40-15-4-1-5-16-40)47-21-11-12-22-48(47)50(43-24-28-45(29-25-43)53-37-41-17-6-2-7-18-41)44-26-30-46(31-27-44)54-38-42-19-8-3-9-20-42;;/h1-9,11-12,15-22,24-31,39,49-50H,10,13-14,23,32-38,51H2;2*1H. The molecule has 1 unspecified atom stereocenters. The molecule has 0 aliphatic carbocycles. The van der Waals surface area contributed by atoms with Crippen LogP contribution in [0.15, 0.2) is 164 Å². The summed E-state index contributed by atoms with van der Waals surface area (Å²) >= 11 is 0. The third-order valence-electron chi connectivity index (χ3n) is 11.0. The van der Waals surface area contributed by atoms with Crippen LogP contribution in [0.2, 0.25) is 0 Å². The van der Waals surface area contributed by atoms with Gasteiger partial charge in [-0.05, 0) is 101 Å². The van der Waals surface area contributed by atoms with E-state index in [4.69, 9.17) is 15.2 Å². The number of hydrogen-bond donors (Lipinski definition) is 1. The Balaban J connectivity index is 0.00000300. The van der Waals surface area contributed by atoms with Gasteiger partial charge >= 0.3 is 0 Å². The molecule has 292 valence electrons. The SMILES string of the molecule is Cl.Cl.NC(CCCCC1CCN(Cc2ccccc2)CC1)c1ccccc1C(c1ccc(OCc2ccccc2)cc1)c1ccc(OCc2ccccc2)cc1. The van der Waals surface area contributed by atoms with Gasteiger partial charge in [0.15, 0.2) is 0 Å². The fraction of sp³-hybridized carbons (Fsp3) is 0.280. The quantitative estimate of drug-likeness (QED) is 0.0739. The van der Waals surface area contributed by atoms with E-state index in [9.17, 15) is 0 Å². The number of benzene rings is 6. The number of hydrogen-bond acceptors (Lipinski definition) is 4. The third-order valence-corrected chi connectivity index (χ3v) is 11.0. The van der Waals surface area contributed by atoms with Gasteiger partial charge in [-0.25, -0.2) is 0 Å². The Bertz CT molecular complexity index is 1880. The highest BCUT2D eigenvalue weighted by atomic mass is 35.5. The summed E-state index contributed by atoms with van der Waals surface area (Å²) < 4.78 is 12.3. The molecule has 56 heavy (non-hydrogen) atoms. The number of rotatable bonds is 17. The van der Waals surface area contributed by atoms with Crippen LogP contribution in [-0.2, 0) is 19.8 Å². The van der Waals surface area contributed by atoms with Crippen molar-refractivity contribution in [3.05, 3.63) is 203 Å². The summed E-state index contributed by atoms with van der Waals surface area (Å²) in [6.07, 6.45) is 7.26. The number of ether oxygens (including phenoxy) is 2. The molecule has 0 saturated carbocycles. The van der Waals surface area contributed by atoms with Crippen LogP contribution in [0.5, 0.6) is 11.5 Å². The van der Waals surface area contributed by atoms with Gasteiger partial charge in [0.05, 0.1) is 0 Å². The molecule has 6 aromatic rings. The first kappa shape index (κ1) is 42.6. The zero-order chi connectivity index (χ0) is 36.8. The van der Waals surface area contributed by atoms with Crippen LogP contribution in [0.1, 0.15) is 89.4 Å². The molecule has 0 amide bonds. The van der Waals surface area contributed by atoms with E-state index in [1.165, 1.54) is 66.6 Å². The largest absolute Gasteiger partial charge is 0.489 e. The fourth-order valence-corrected chi connectivity index (χ4v) is 7.89. The molecule has 0 spiro atoms. The lowest BCUT2D eigenvalue weighted by Crippen LogP contribution is -2.33. The van der Waals surface area contributed by atoms with Gasteiger partial charge in [-0.1, -0.05) is 159 Å². The third kappa shape index (κ3) is 12.2. The summed E-state index contributed by atoms with van der Waals surface area (Å²) in [4.78, 5) is 2.62. The van der Waals surface area contributed by atoms with Gasteiger partial charge in [-0.2, -0.15) is 0 Å². The van der Waals surface area contributed by atoms with Crippen molar-refractivity contribution in [2.75, 3.05) is 13.1 Å². The van der Waals surface area contributed by atoms with E-state index in [1.54, 1.807) is 0 Å². The lowest BCUT2D eigenvalue weighted by molar-refractivity contribution is 0.170. The van der Waals surface area contributed by atoms with Crippen LogP contribution in [-0.4, -0.2) is 18.0 Å². The first-order valence-electron chi connectivity index (χ1n) is 19.8. The molecule has 2 N–H and O–H groups in total. The molecule has 0 radical (unpaired) electrons. The van der Waals surface area contributed by atoms with Gasteiger partial charge in [-0.3, -0.25) is 4.90 Å². The van der Waals surface area contributed by atoms with Crippen molar-refractivity contribution in [2.45, 2.75) is 70.2 Å². The van der Waals surface area contributed by atoms with Crippen molar-refractivity contribution in [1.29, 1.82) is 0 Å². The minimum atomic E-state index is -0.0293. The van der Waals surface area contributed by atoms with Crippen LogP contribution in [0, 0.1) is 5.92 Å². The molecular weight excluding hydrogens is 731 g/mol. The average Bonchev–Trinajstić information content (AvgIpc) is 3.24. The van der Waals surface area contributed by atoms with Crippen molar-refractivity contribution in [2.24, 2.45) is 11.7 Å². The summed E-state index contributed by atoms with van der Waals surface area (Å²) in [7, 11) is 0. The Morgan fingerprint density at radius 2 is 0.964 bits per heavy atom. The summed E-state index contributed by atoms with van der Waals surface area (Å²) in [6.45, 7) is 4.56. The Morgan fingerprint density at radius 1 is 0.518 bits per heavy atom. The summed E-state index contributed by atoms with van der Waals surface area (Å²) in [5.41, 5.74) is 15.7. The maximum atomic E-state index is 7.09. The number of halogens is 2. The second kappa shape index (κ2) is 22.2. The predicted octanol–water partition coefficient (Wildman–Crippen LogP) is 12.3. The van der Waals surface area contributed by atoms with Crippen molar-refractivity contribution in [1.82, 2.24) is 4.90 Å². The molecule has 6 heteroatoms. The Morgan fingerprint density at radius 3 is 1.46 bits per heavy atom. The second-order valence-electron chi connectivity index (χ2n) is 14.8. The van der Waals surface area contributed by atoms with E-state index in [0.29, 0.717) is 13.2 Å². The number of unbranched alkanes of at least 4 members (excludes halogenated alkanes) is 1. The van der Waals surface area contributed by atoms with Crippen LogP contribution >= 0.6 is 24.8 Å². The van der Waals surface area contributed by atoms with Crippen LogP contribution in [0.4, 0.5) is 0 Å². The molecule has 1 saturated heterocycles. The molecule has 1 aliphatic heterocycles. The first-order chi connectivity index (χ1) is 26.7. The minimum absolute atomic E-state index is 0. The molecule has 0 aromatic heterocycles. The molecule has 1 heterocycles. The molecule has 1 atom stereocenters. The Hall–Kier alpha value is -4.58. The zero-order valence-corrected chi connectivity index (χ0v) is 33.9. The molecular formula is C50H56Cl2N2O2. The minimum Gasteiger partial charge on any atom is -0.489 e. The highest BCUT2D eigenvalue weighted by Crippen LogP contribution is 2.38. The van der Waals surface area contributed by atoms with Crippen molar-refractivity contribution in [3.8, 4) is 11.5 Å². The fourth-order valence-electron chi connectivity index (χ4n) is 7.89. The molecule has 1 aliphatic rings. The Labute approximate surface area is 346 Å². The summed E-state index contributed by atoms with van der Waals surface area (Å²) in [5, 5.41) is 0. The summed E-state index contributed by atoms with van der Waals surface area (Å²) in [5.74, 6) is 2.56. The van der Waals surface area contributed by atoms with Crippen LogP contribution in [0.25, 0.3) is 0 Å². The predicted molar refractivity (Wildman–Crippen MR) is 236 cm³/mol. The normalized spacial score (nSPS) is 13.7. The van der Waals surface area contributed by atoms with Gasteiger partial charge in [0, 0.05) is 18.5 Å². The van der Waals surface area contributed by atoms with Gasteiger partial charge in [-0.15, -0.1) is 24.8 Å². The molecule has 0 bridgehead atoms. The average molecular weight is 788 g/mol. The van der Waals surface area contributed by atoms with E-state index in [1.807, 2.05) is 36.4 Å². The number of likely N-dealkylation sites (tertiary alicyclic amines) is 1. The molecule has 4 nitrogen and oxygen atoms in total. The Kier molecular flexibility index (Phi) is 16.9. The van der Waals surface area contributed by atoms with Crippen LogP contribution in [0.3, 0.4) is 0 Å². The monoisotopic (exact) mass is 786 g/mol. The van der Waals surface area contributed by atoms with Crippen molar-refractivity contribution in [3.63, 3.8) is 0 Å². The molecule has 7 rings (SSSR count). The molecule has 1 fully saturated rings. The van der Waals surface area contributed by atoms with Crippen molar-refractivity contribution < 1.29 is 9.47 Å². The van der Waals surface area contributed by atoms with E-state index in [0.717, 1.165) is 47.9 Å². The zero-order valence-electron chi connectivity index (χ0n) is 32.3. The smallest absolute Gasteiger partial charge is 0.119 e. The highest BCUT2D eigenvalue weighted by Gasteiger charge is 2.23. The van der Waals surface area contributed by atoms with E-state index < -0.39 is 0 Å². The van der Waals surface area contributed by atoms with E-state index in [-0.39, 0.29) is 36.8 Å². The van der Waals surface area contributed by atoms with Gasteiger partial charge in [0.2, 0.25) is 0 Å². The summed E-state index contributed by atoms with van der Waals surface area (Å²) in [6, 6.07) is 57.5. The number of nitrogens with two attached hydrogens (primary N) is 1. The maximum Gasteiger partial charge on any atom is 0.119 e. The van der Waals surface area contributed by atoms with Crippen molar-refractivity contribution >= 4 is 24.8 Å². The topological polar surface area (TPSA) is 47.7 Å². The van der Waals surface area contributed by atoms with Gasteiger partial charge in [0.1, 0.15) is 24.7 Å². The first-order valence-corrected chi connectivity index (χ1v) is 19.8. The number of nitrogens with zero attached hydrogens (tertiary/aromatic N) is 1. The van der Waals surface area contributed by atoms with Gasteiger partial charge < -0.3 is 15.2 Å². The van der Waals surface area contributed by atoms with E-state index >= 15 is 0 Å². The van der Waals surface area contributed by atoms with Crippen LogP contribution < -0.4 is 15.2 Å². The maximum absolute atomic E-state index is 7.09. The lowest BCUT2D eigenvalue weighted by atomic mass is 9.80. The highest BCUT2D eigenvalue weighted by molar-refractivity contribution is 5.85. The van der Waals surface area contributed by atoms with E-state index in [2.05, 4.69) is 132 Å². The number of piperidine rings is 1. The molecule has 6 aromatic carbocycles. The second-order valence-corrected chi connectivity index (χ2v) is 14.8. The van der Waals surface area contributed by atoms with Gasteiger partial charge in [0.25, 0.3) is 0 Å².